The van der Waals surface area contributed by atoms with E-state index in [0.717, 1.165) is 16.4 Å². The van der Waals surface area contributed by atoms with Crippen molar-refractivity contribution < 1.29 is 26.4 Å². The molecule has 0 bridgehead atoms. The molecule has 0 spiro atoms. The maximum absolute atomic E-state index is 12.6. The Balaban J connectivity index is 2.40. The minimum Gasteiger partial charge on any atom is -0.353 e. The summed E-state index contributed by atoms with van der Waals surface area (Å²) >= 11 is 0. The van der Waals surface area contributed by atoms with Gasteiger partial charge < -0.3 is 5.32 Å². The van der Waals surface area contributed by atoms with Gasteiger partial charge in [-0.25, -0.2) is 8.42 Å². The number of sulfonamides is 1. The number of piperazine rings is 1. The molecule has 122 valence electrons. The van der Waals surface area contributed by atoms with E-state index in [1.165, 1.54) is 13.8 Å². The Labute approximate surface area is 126 Å². The smallest absolute Gasteiger partial charge is 0.353 e. The molecule has 1 aliphatic heterocycles. The van der Waals surface area contributed by atoms with E-state index in [4.69, 9.17) is 0 Å². The number of halogens is 3. The van der Waals surface area contributed by atoms with Crippen LogP contribution in [0, 0.1) is 0 Å². The summed E-state index contributed by atoms with van der Waals surface area (Å²) in [6.07, 6.45) is -4.54. The van der Waals surface area contributed by atoms with Crippen LogP contribution < -0.4 is 5.32 Å². The van der Waals surface area contributed by atoms with Crippen molar-refractivity contribution in [3.05, 3.63) is 29.8 Å². The first-order valence-electron chi connectivity index (χ1n) is 6.46. The quantitative estimate of drug-likeness (QED) is 0.892. The molecule has 1 aromatic rings. The fraction of sp³-hybridized carbons (Fsp3) is 0.462. The van der Waals surface area contributed by atoms with Crippen molar-refractivity contribution in [3.63, 3.8) is 0 Å². The van der Waals surface area contributed by atoms with Gasteiger partial charge in [0.25, 0.3) is 0 Å². The second kappa shape index (κ2) is 5.24. The standard InChI is InChI=1S/C13H15F3N2O3S/c1-12(2)11(19)17-7-8-18(12)22(20,21)10-5-3-9(4-6-10)13(14,15)16/h3-6H,7-8H2,1-2H3,(H,17,19). The average Bonchev–Trinajstić information content (AvgIpc) is 2.40. The molecule has 1 amide bonds. The fourth-order valence-electron chi connectivity index (χ4n) is 2.24. The van der Waals surface area contributed by atoms with Gasteiger partial charge >= 0.3 is 6.18 Å². The Hall–Kier alpha value is -1.61. The molecule has 0 aliphatic carbocycles. The first kappa shape index (κ1) is 16.8. The number of carbonyl (C=O) groups excluding carboxylic acids is 1. The van der Waals surface area contributed by atoms with Crippen LogP contribution in [0.25, 0.3) is 0 Å². The second-order valence-electron chi connectivity index (χ2n) is 5.41. The van der Waals surface area contributed by atoms with Gasteiger partial charge in [-0.2, -0.15) is 17.5 Å². The second-order valence-corrected chi connectivity index (χ2v) is 7.28. The van der Waals surface area contributed by atoms with Crippen LogP contribution in [0.4, 0.5) is 13.2 Å². The number of carbonyl (C=O) groups is 1. The molecular weight excluding hydrogens is 321 g/mol. The van der Waals surface area contributed by atoms with Crippen LogP contribution >= 0.6 is 0 Å². The highest BCUT2D eigenvalue weighted by Crippen LogP contribution is 2.31. The average molecular weight is 336 g/mol. The molecule has 0 radical (unpaired) electrons. The van der Waals surface area contributed by atoms with Gasteiger partial charge in [0.1, 0.15) is 5.54 Å². The zero-order valence-corrected chi connectivity index (χ0v) is 12.8. The van der Waals surface area contributed by atoms with Crippen molar-refractivity contribution in [2.45, 2.75) is 30.5 Å². The molecule has 1 aromatic carbocycles. The van der Waals surface area contributed by atoms with E-state index in [1.54, 1.807) is 0 Å². The monoisotopic (exact) mass is 336 g/mol. The molecule has 1 fully saturated rings. The molecule has 9 heteroatoms. The number of alkyl halides is 3. The Bertz CT molecular complexity index is 681. The molecule has 0 aromatic heterocycles. The van der Waals surface area contributed by atoms with Gasteiger partial charge in [-0.15, -0.1) is 0 Å². The minimum absolute atomic E-state index is 0.0576. The summed E-state index contributed by atoms with van der Waals surface area (Å²) in [6, 6.07) is 3.23. The van der Waals surface area contributed by atoms with Crippen molar-refractivity contribution in [2.75, 3.05) is 13.1 Å². The zero-order valence-electron chi connectivity index (χ0n) is 11.9. The Morgan fingerprint density at radius 1 is 1.18 bits per heavy atom. The lowest BCUT2D eigenvalue weighted by molar-refractivity contribution is -0.137. The molecule has 1 N–H and O–H groups in total. The van der Waals surface area contributed by atoms with Crippen molar-refractivity contribution >= 4 is 15.9 Å². The molecule has 0 atom stereocenters. The number of benzene rings is 1. The van der Waals surface area contributed by atoms with Crippen molar-refractivity contribution in [3.8, 4) is 0 Å². The van der Waals surface area contributed by atoms with Gasteiger partial charge in [0.05, 0.1) is 10.5 Å². The number of rotatable bonds is 2. The van der Waals surface area contributed by atoms with Crippen LogP contribution in [0.15, 0.2) is 29.2 Å². The number of amides is 1. The van der Waals surface area contributed by atoms with Crippen molar-refractivity contribution in [1.82, 2.24) is 9.62 Å². The van der Waals surface area contributed by atoms with E-state index < -0.39 is 33.2 Å². The predicted molar refractivity (Wildman–Crippen MR) is 72.4 cm³/mol. The number of hydrogen-bond donors (Lipinski definition) is 1. The highest BCUT2D eigenvalue weighted by atomic mass is 32.2. The Morgan fingerprint density at radius 3 is 2.23 bits per heavy atom. The largest absolute Gasteiger partial charge is 0.416 e. The molecule has 0 saturated carbocycles. The summed E-state index contributed by atoms with van der Waals surface area (Å²) in [4.78, 5) is 11.5. The molecule has 5 nitrogen and oxygen atoms in total. The topological polar surface area (TPSA) is 66.5 Å². The van der Waals surface area contributed by atoms with Crippen LogP contribution in [0.5, 0.6) is 0 Å². The van der Waals surface area contributed by atoms with E-state index in [0.29, 0.717) is 12.1 Å². The fourth-order valence-corrected chi connectivity index (χ4v) is 3.99. The number of hydrogen-bond acceptors (Lipinski definition) is 3. The third-order valence-electron chi connectivity index (χ3n) is 3.55. The molecule has 1 saturated heterocycles. The van der Waals surface area contributed by atoms with E-state index in [9.17, 15) is 26.4 Å². The predicted octanol–water partition coefficient (Wildman–Crippen LogP) is 1.60. The molecule has 0 unspecified atom stereocenters. The van der Waals surface area contributed by atoms with E-state index in [1.807, 2.05) is 0 Å². The lowest BCUT2D eigenvalue weighted by Crippen LogP contribution is -2.63. The van der Waals surface area contributed by atoms with Crippen LogP contribution in [0.2, 0.25) is 0 Å². The molecule has 1 aliphatic rings. The summed E-state index contributed by atoms with van der Waals surface area (Å²) in [7, 11) is -4.06. The number of nitrogens with one attached hydrogen (secondary N) is 1. The van der Waals surface area contributed by atoms with Crippen LogP contribution in [-0.4, -0.2) is 37.3 Å². The van der Waals surface area contributed by atoms with Gasteiger partial charge in [0.2, 0.25) is 15.9 Å². The SMILES string of the molecule is CC1(C)C(=O)NCCN1S(=O)(=O)c1ccc(C(F)(F)F)cc1. The summed E-state index contributed by atoms with van der Waals surface area (Å²) in [6.45, 7) is 3.11. The van der Waals surface area contributed by atoms with Gasteiger partial charge in [-0.05, 0) is 38.1 Å². The van der Waals surface area contributed by atoms with E-state index in [-0.39, 0.29) is 18.0 Å². The third-order valence-corrected chi connectivity index (χ3v) is 5.64. The van der Waals surface area contributed by atoms with Crippen LogP contribution in [0.1, 0.15) is 19.4 Å². The third kappa shape index (κ3) is 2.82. The highest BCUT2D eigenvalue weighted by Gasteiger charge is 2.45. The van der Waals surface area contributed by atoms with Gasteiger partial charge in [0.15, 0.2) is 0 Å². The molecular formula is C13H15F3N2O3S. The Morgan fingerprint density at radius 2 is 1.73 bits per heavy atom. The highest BCUT2D eigenvalue weighted by molar-refractivity contribution is 7.89. The van der Waals surface area contributed by atoms with Gasteiger partial charge in [-0.3, -0.25) is 4.79 Å². The van der Waals surface area contributed by atoms with Crippen LogP contribution in [-0.2, 0) is 21.0 Å². The summed E-state index contributed by atoms with van der Waals surface area (Å²) in [5.74, 6) is -0.450. The van der Waals surface area contributed by atoms with E-state index >= 15 is 0 Å². The maximum Gasteiger partial charge on any atom is 0.416 e. The number of nitrogens with zero attached hydrogens (tertiary/aromatic N) is 1. The lowest BCUT2D eigenvalue weighted by atomic mass is 10.0. The maximum atomic E-state index is 12.6. The molecule has 2 rings (SSSR count). The van der Waals surface area contributed by atoms with Crippen LogP contribution in [0.3, 0.4) is 0 Å². The normalized spacial score (nSPS) is 19.8. The zero-order chi connectivity index (χ0) is 16.8. The first-order chi connectivity index (χ1) is 9.97. The molecule has 1 heterocycles. The van der Waals surface area contributed by atoms with Gasteiger partial charge in [-0.1, -0.05) is 0 Å². The minimum atomic E-state index is -4.54. The van der Waals surface area contributed by atoms with Crippen molar-refractivity contribution in [2.24, 2.45) is 0 Å². The van der Waals surface area contributed by atoms with Gasteiger partial charge in [0, 0.05) is 13.1 Å². The summed E-state index contributed by atoms with van der Waals surface area (Å²) in [5.41, 5.74) is -2.23. The lowest BCUT2D eigenvalue weighted by Gasteiger charge is -2.39. The summed E-state index contributed by atoms with van der Waals surface area (Å²) in [5, 5.41) is 2.56. The van der Waals surface area contributed by atoms with Crippen molar-refractivity contribution in [1.29, 1.82) is 0 Å². The molecule has 22 heavy (non-hydrogen) atoms. The summed E-state index contributed by atoms with van der Waals surface area (Å²) < 4.78 is 63.7. The first-order valence-corrected chi connectivity index (χ1v) is 7.90. The Kier molecular flexibility index (Phi) is 3.99. The van der Waals surface area contributed by atoms with E-state index in [2.05, 4.69) is 5.32 Å².